The third kappa shape index (κ3) is 6.59. The number of carbonyl (C=O) groups excluding carboxylic acids is 3. The predicted octanol–water partition coefficient (Wildman–Crippen LogP) is 1.33. The number of sulfonamides is 1. The first kappa shape index (κ1) is 25.9. The molecule has 3 N–H and O–H groups in total. The zero-order valence-electron chi connectivity index (χ0n) is 19.0. The average Bonchev–Trinajstić information content (AvgIpc) is 2.81. The smallest absolute Gasteiger partial charge is 0.288 e. The third-order valence-electron chi connectivity index (χ3n) is 4.87. The second-order valence-electron chi connectivity index (χ2n) is 7.47. The van der Waals surface area contributed by atoms with Crippen molar-refractivity contribution in [2.45, 2.75) is 38.6 Å². The van der Waals surface area contributed by atoms with Crippen LogP contribution in [-0.4, -0.2) is 54.6 Å². The number of hydrogen-bond donors (Lipinski definition) is 3. The van der Waals surface area contributed by atoms with Crippen LogP contribution in [0.25, 0.3) is 0 Å². The summed E-state index contributed by atoms with van der Waals surface area (Å²) in [6.45, 7) is 7.52. The Hall–Kier alpha value is -3.31. The molecule has 0 radical (unpaired) electrons. The summed E-state index contributed by atoms with van der Waals surface area (Å²) in [5, 5.41) is 2.61. The molecule has 1 heterocycles. The minimum atomic E-state index is -3.74. The largest absolute Gasteiger partial charge is 0.340 e. The number of aromatic nitrogens is 1. The molecule has 1 aromatic heterocycles. The molecule has 178 valence electrons. The van der Waals surface area contributed by atoms with Gasteiger partial charge in [-0.3, -0.25) is 30.2 Å². The highest BCUT2D eigenvalue weighted by Gasteiger charge is 2.27. The molecule has 1 aromatic carbocycles. The summed E-state index contributed by atoms with van der Waals surface area (Å²) >= 11 is 0. The number of pyridine rings is 1. The molecule has 0 aliphatic rings. The molecule has 1 atom stereocenters. The summed E-state index contributed by atoms with van der Waals surface area (Å²) in [5.41, 5.74) is 4.77. The zero-order chi connectivity index (χ0) is 24.6. The molecular formula is C22H29N5O5S. The lowest BCUT2D eigenvalue weighted by Gasteiger charge is -2.22. The lowest BCUT2D eigenvalue weighted by atomic mass is 10.0. The van der Waals surface area contributed by atoms with Gasteiger partial charge in [0.1, 0.15) is 11.7 Å². The summed E-state index contributed by atoms with van der Waals surface area (Å²) in [4.78, 5) is 41.4. The average molecular weight is 476 g/mol. The van der Waals surface area contributed by atoms with Crippen LogP contribution in [-0.2, 0) is 14.8 Å². The van der Waals surface area contributed by atoms with Gasteiger partial charge in [-0.25, -0.2) is 8.42 Å². The molecule has 3 amide bonds. The minimum absolute atomic E-state index is 0.00739. The van der Waals surface area contributed by atoms with Gasteiger partial charge in [0, 0.05) is 24.8 Å². The third-order valence-corrected chi connectivity index (χ3v) is 6.92. The van der Waals surface area contributed by atoms with Gasteiger partial charge in [-0.1, -0.05) is 39.8 Å². The quantitative estimate of drug-likeness (QED) is 0.468. The van der Waals surface area contributed by atoms with Gasteiger partial charge in [-0.15, -0.1) is 0 Å². The molecular weight excluding hydrogens is 446 g/mol. The number of amides is 3. The van der Waals surface area contributed by atoms with E-state index >= 15 is 0 Å². The SMILES string of the molecule is CCN(CC)S(=O)(=O)c1cccc(C(=O)N[C@H](C(=O)NNC(=O)c2ccccn2)C(C)C)c1. The fourth-order valence-corrected chi connectivity index (χ4v) is 4.53. The number of hydrogen-bond acceptors (Lipinski definition) is 6. The fraction of sp³-hybridized carbons (Fsp3) is 0.364. The van der Waals surface area contributed by atoms with Crippen molar-refractivity contribution in [2.75, 3.05) is 13.1 Å². The highest BCUT2D eigenvalue weighted by Crippen LogP contribution is 2.17. The van der Waals surface area contributed by atoms with E-state index in [0.717, 1.165) is 0 Å². The van der Waals surface area contributed by atoms with Crippen molar-refractivity contribution in [3.05, 3.63) is 59.9 Å². The van der Waals surface area contributed by atoms with E-state index < -0.39 is 33.8 Å². The monoisotopic (exact) mass is 475 g/mol. The van der Waals surface area contributed by atoms with Gasteiger partial charge in [-0.2, -0.15) is 4.31 Å². The summed E-state index contributed by atoms with van der Waals surface area (Å²) in [5.74, 6) is -2.17. The Morgan fingerprint density at radius 2 is 1.67 bits per heavy atom. The van der Waals surface area contributed by atoms with Crippen LogP contribution < -0.4 is 16.2 Å². The van der Waals surface area contributed by atoms with Crippen LogP contribution in [0.5, 0.6) is 0 Å². The van der Waals surface area contributed by atoms with E-state index in [1.165, 1.54) is 40.8 Å². The van der Waals surface area contributed by atoms with E-state index in [4.69, 9.17) is 0 Å². The molecule has 0 saturated heterocycles. The summed E-state index contributed by atoms with van der Waals surface area (Å²) < 4.78 is 26.8. The maximum Gasteiger partial charge on any atom is 0.288 e. The minimum Gasteiger partial charge on any atom is -0.340 e. The number of hydrazine groups is 1. The molecule has 2 rings (SSSR count). The predicted molar refractivity (Wildman–Crippen MR) is 122 cm³/mol. The molecule has 0 aliphatic heterocycles. The first-order valence-electron chi connectivity index (χ1n) is 10.5. The summed E-state index contributed by atoms with van der Waals surface area (Å²) in [7, 11) is -3.74. The van der Waals surface area contributed by atoms with Gasteiger partial charge in [0.15, 0.2) is 0 Å². The second-order valence-corrected chi connectivity index (χ2v) is 9.41. The van der Waals surface area contributed by atoms with Crippen molar-refractivity contribution in [3.8, 4) is 0 Å². The number of benzene rings is 1. The van der Waals surface area contributed by atoms with E-state index in [9.17, 15) is 22.8 Å². The van der Waals surface area contributed by atoms with Gasteiger partial charge in [-0.05, 0) is 36.2 Å². The number of carbonyl (C=O) groups is 3. The van der Waals surface area contributed by atoms with Crippen LogP contribution in [0.1, 0.15) is 48.5 Å². The first-order valence-corrected chi connectivity index (χ1v) is 12.0. The molecule has 0 bridgehead atoms. The lowest BCUT2D eigenvalue weighted by Crippen LogP contribution is -2.54. The Balaban J connectivity index is 2.12. The van der Waals surface area contributed by atoms with Gasteiger partial charge in [0.25, 0.3) is 17.7 Å². The second kappa shape index (κ2) is 11.5. The Labute approximate surface area is 193 Å². The summed E-state index contributed by atoms with van der Waals surface area (Å²) in [6.07, 6.45) is 1.45. The standard InChI is InChI=1S/C22H29N5O5S/c1-5-27(6-2)33(31,32)17-11-9-10-16(14-17)20(28)24-19(15(3)4)22(30)26-25-21(29)18-12-7-8-13-23-18/h7-15,19H,5-6H2,1-4H3,(H,24,28)(H,25,29)(H,26,30)/t19-/m0/s1. The van der Waals surface area contributed by atoms with Crippen molar-refractivity contribution in [2.24, 2.45) is 5.92 Å². The van der Waals surface area contributed by atoms with Crippen molar-refractivity contribution >= 4 is 27.7 Å². The van der Waals surface area contributed by atoms with Crippen molar-refractivity contribution in [1.82, 2.24) is 25.5 Å². The van der Waals surface area contributed by atoms with E-state index in [0.29, 0.717) is 13.1 Å². The van der Waals surface area contributed by atoms with Crippen molar-refractivity contribution < 1.29 is 22.8 Å². The van der Waals surface area contributed by atoms with E-state index in [1.54, 1.807) is 39.8 Å². The molecule has 33 heavy (non-hydrogen) atoms. The van der Waals surface area contributed by atoms with Crippen LogP contribution in [0.15, 0.2) is 53.6 Å². The van der Waals surface area contributed by atoms with Crippen LogP contribution >= 0.6 is 0 Å². The Morgan fingerprint density at radius 3 is 2.24 bits per heavy atom. The van der Waals surface area contributed by atoms with Gasteiger partial charge in [0.2, 0.25) is 10.0 Å². The van der Waals surface area contributed by atoms with E-state index in [2.05, 4.69) is 21.2 Å². The van der Waals surface area contributed by atoms with Gasteiger partial charge < -0.3 is 5.32 Å². The van der Waals surface area contributed by atoms with Crippen molar-refractivity contribution in [1.29, 1.82) is 0 Å². The molecule has 11 heteroatoms. The van der Waals surface area contributed by atoms with Crippen molar-refractivity contribution in [3.63, 3.8) is 0 Å². The number of nitrogens with zero attached hydrogens (tertiary/aromatic N) is 2. The van der Waals surface area contributed by atoms with Gasteiger partial charge >= 0.3 is 0 Å². The topological polar surface area (TPSA) is 138 Å². The zero-order valence-corrected chi connectivity index (χ0v) is 19.8. The lowest BCUT2D eigenvalue weighted by molar-refractivity contribution is -0.124. The summed E-state index contributed by atoms with van der Waals surface area (Å²) in [6, 6.07) is 9.44. The van der Waals surface area contributed by atoms with Crippen LogP contribution in [0.4, 0.5) is 0 Å². The van der Waals surface area contributed by atoms with Crippen LogP contribution in [0.2, 0.25) is 0 Å². The molecule has 2 aromatic rings. The molecule has 0 aliphatic carbocycles. The molecule has 0 spiro atoms. The molecule has 10 nitrogen and oxygen atoms in total. The number of nitrogens with one attached hydrogen (secondary N) is 3. The molecule has 0 saturated carbocycles. The maximum atomic E-state index is 12.8. The van der Waals surface area contributed by atoms with Gasteiger partial charge in [0.05, 0.1) is 4.90 Å². The fourth-order valence-electron chi connectivity index (χ4n) is 3.03. The normalized spacial score (nSPS) is 12.3. The highest BCUT2D eigenvalue weighted by molar-refractivity contribution is 7.89. The van der Waals surface area contributed by atoms with Crippen LogP contribution in [0.3, 0.4) is 0 Å². The Kier molecular flexibility index (Phi) is 9.06. The first-order chi connectivity index (χ1) is 15.6. The van der Waals surface area contributed by atoms with E-state index in [1.807, 2.05) is 0 Å². The Bertz CT molecular complexity index is 1090. The highest BCUT2D eigenvalue weighted by atomic mass is 32.2. The van der Waals surface area contributed by atoms with Crippen LogP contribution in [0, 0.1) is 5.92 Å². The molecule has 0 fully saturated rings. The molecule has 0 unspecified atom stereocenters. The maximum absolute atomic E-state index is 12.8. The number of rotatable bonds is 9. The van der Waals surface area contributed by atoms with E-state index in [-0.39, 0.29) is 22.1 Å². The Morgan fingerprint density at radius 1 is 0.970 bits per heavy atom.